The van der Waals surface area contributed by atoms with E-state index < -0.39 is 10.0 Å². The molecule has 0 amide bonds. The Balaban J connectivity index is 2.15. The number of sulfonamides is 1. The van der Waals surface area contributed by atoms with Crippen LogP contribution in [0.2, 0.25) is 0 Å². The van der Waals surface area contributed by atoms with Crippen molar-refractivity contribution in [1.29, 1.82) is 0 Å². The lowest BCUT2D eigenvalue weighted by molar-refractivity contribution is 0.581. The number of nitrogens with one attached hydrogen (secondary N) is 1. The summed E-state index contributed by atoms with van der Waals surface area (Å²) in [6, 6.07) is 11.0. The zero-order valence-corrected chi connectivity index (χ0v) is 13.1. The number of hydrogen-bond donors (Lipinski definition) is 1. The first-order valence-electron chi connectivity index (χ1n) is 5.89. The zero-order valence-electron chi connectivity index (χ0n) is 10.7. The van der Waals surface area contributed by atoms with E-state index in [-0.39, 0.29) is 17.3 Å². The van der Waals surface area contributed by atoms with Gasteiger partial charge in [-0.1, -0.05) is 34.1 Å². The molecule has 0 atom stereocenters. The molecule has 0 saturated carbocycles. The average molecular weight is 358 g/mol. The average Bonchev–Trinajstić information content (AvgIpc) is 2.40. The van der Waals surface area contributed by atoms with E-state index in [0.717, 1.165) is 0 Å². The van der Waals surface area contributed by atoms with E-state index in [2.05, 4.69) is 20.7 Å². The lowest BCUT2D eigenvalue weighted by Gasteiger charge is -2.08. The van der Waals surface area contributed by atoms with Gasteiger partial charge in [0.25, 0.3) is 0 Å². The highest BCUT2D eigenvalue weighted by molar-refractivity contribution is 9.10. The molecule has 0 aliphatic heterocycles. The van der Waals surface area contributed by atoms with Crippen molar-refractivity contribution in [2.45, 2.75) is 18.4 Å². The molecule has 0 fully saturated rings. The monoisotopic (exact) mass is 357 g/mol. The van der Waals surface area contributed by atoms with Crippen molar-refractivity contribution in [2.75, 3.05) is 0 Å². The topological polar surface area (TPSA) is 46.2 Å². The smallest absolute Gasteiger partial charge is 0.207 e. The summed E-state index contributed by atoms with van der Waals surface area (Å²) in [7, 11) is -3.58. The molecule has 0 saturated heterocycles. The highest BCUT2D eigenvalue weighted by atomic mass is 79.9. The van der Waals surface area contributed by atoms with E-state index >= 15 is 0 Å². The Labute approximate surface area is 126 Å². The van der Waals surface area contributed by atoms with Gasteiger partial charge in [0.15, 0.2) is 0 Å². The van der Waals surface area contributed by atoms with Crippen molar-refractivity contribution < 1.29 is 12.8 Å². The van der Waals surface area contributed by atoms with Gasteiger partial charge in [0.1, 0.15) is 5.82 Å². The number of aryl methyl sites for hydroxylation is 1. The molecule has 0 aromatic heterocycles. The molecule has 3 nitrogen and oxygen atoms in total. The van der Waals surface area contributed by atoms with Crippen LogP contribution in [0, 0.1) is 12.7 Å². The van der Waals surface area contributed by atoms with Crippen LogP contribution >= 0.6 is 15.9 Å². The molecule has 0 aliphatic carbocycles. The van der Waals surface area contributed by atoms with Gasteiger partial charge in [-0.05, 0) is 42.3 Å². The third-order valence-corrected chi connectivity index (χ3v) is 4.69. The Morgan fingerprint density at radius 2 is 1.95 bits per heavy atom. The first kappa shape index (κ1) is 15.2. The fourth-order valence-corrected chi connectivity index (χ4v) is 3.33. The molecule has 2 rings (SSSR count). The van der Waals surface area contributed by atoms with Crippen LogP contribution in [-0.4, -0.2) is 8.42 Å². The molecule has 0 unspecified atom stereocenters. The maximum Gasteiger partial charge on any atom is 0.240 e. The second kappa shape index (κ2) is 6.03. The molecule has 0 spiro atoms. The second-order valence-electron chi connectivity index (χ2n) is 4.37. The summed E-state index contributed by atoms with van der Waals surface area (Å²) in [5, 5.41) is 0. The van der Waals surface area contributed by atoms with E-state index in [1.54, 1.807) is 31.2 Å². The van der Waals surface area contributed by atoms with Crippen LogP contribution in [0.15, 0.2) is 51.8 Å². The molecule has 0 radical (unpaired) electrons. The van der Waals surface area contributed by atoms with Crippen molar-refractivity contribution in [2.24, 2.45) is 0 Å². The van der Waals surface area contributed by atoms with Gasteiger partial charge in [-0.25, -0.2) is 17.5 Å². The summed E-state index contributed by atoms with van der Waals surface area (Å²) in [5.41, 5.74) is 1.20. The summed E-state index contributed by atoms with van der Waals surface area (Å²) in [6.45, 7) is 1.76. The molecule has 0 bridgehead atoms. The zero-order chi connectivity index (χ0) is 14.8. The highest BCUT2D eigenvalue weighted by Gasteiger charge is 2.13. The van der Waals surface area contributed by atoms with E-state index in [0.29, 0.717) is 15.6 Å². The number of halogens is 2. The van der Waals surface area contributed by atoms with Gasteiger partial charge in [-0.2, -0.15) is 0 Å². The second-order valence-corrected chi connectivity index (χ2v) is 7.05. The summed E-state index contributed by atoms with van der Waals surface area (Å²) in [6.07, 6.45) is 0. The van der Waals surface area contributed by atoms with Crippen LogP contribution in [0.5, 0.6) is 0 Å². The van der Waals surface area contributed by atoms with Gasteiger partial charge in [0.05, 0.1) is 4.90 Å². The number of hydrogen-bond acceptors (Lipinski definition) is 2. The molecule has 0 aliphatic rings. The van der Waals surface area contributed by atoms with Gasteiger partial charge in [-0.15, -0.1) is 0 Å². The Morgan fingerprint density at radius 3 is 2.60 bits per heavy atom. The fraction of sp³-hybridized carbons (Fsp3) is 0.143. The largest absolute Gasteiger partial charge is 0.240 e. The molecule has 106 valence electrons. The number of rotatable bonds is 4. The lowest BCUT2D eigenvalue weighted by atomic mass is 10.1. The van der Waals surface area contributed by atoms with Crippen LogP contribution in [0.4, 0.5) is 4.39 Å². The van der Waals surface area contributed by atoms with Crippen molar-refractivity contribution >= 4 is 26.0 Å². The standard InChI is InChI=1S/C14H13BrFNO2S/c1-10-7-11(5-6-14(10)16)9-17-20(18,19)13-4-2-3-12(15)8-13/h2-8,17H,9H2,1H3. The van der Waals surface area contributed by atoms with Gasteiger partial charge in [0.2, 0.25) is 10.0 Å². The van der Waals surface area contributed by atoms with Gasteiger partial charge < -0.3 is 0 Å². The van der Waals surface area contributed by atoms with Gasteiger partial charge in [0, 0.05) is 11.0 Å². The quantitative estimate of drug-likeness (QED) is 0.911. The predicted octanol–water partition coefficient (Wildman–Crippen LogP) is 3.38. The molecule has 2 aromatic carbocycles. The Morgan fingerprint density at radius 1 is 1.20 bits per heavy atom. The minimum atomic E-state index is -3.58. The third-order valence-electron chi connectivity index (χ3n) is 2.80. The molecular weight excluding hydrogens is 345 g/mol. The summed E-state index contributed by atoms with van der Waals surface area (Å²) in [4.78, 5) is 0.186. The fourth-order valence-electron chi connectivity index (χ4n) is 1.71. The van der Waals surface area contributed by atoms with Crippen molar-refractivity contribution in [3.05, 3.63) is 63.9 Å². The van der Waals surface area contributed by atoms with Crippen molar-refractivity contribution in [3.8, 4) is 0 Å². The first-order chi connectivity index (χ1) is 9.38. The summed E-state index contributed by atoms with van der Waals surface area (Å²) >= 11 is 3.23. The molecule has 2 aromatic rings. The van der Waals surface area contributed by atoms with E-state index in [1.807, 2.05) is 0 Å². The SMILES string of the molecule is Cc1cc(CNS(=O)(=O)c2cccc(Br)c2)ccc1F. The molecule has 0 heterocycles. The van der Waals surface area contributed by atoms with Gasteiger partial charge >= 0.3 is 0 Å². The Hall–Kier alpha value is -1.24. The van der Waals surface area contributed by atoms with E-state index in [4.69, 9.17) is 0 Å². The normalized spacial score (nSPS) is 11.6. The maximum absolute atomic E-state index is 13.1. The molecular formula is C14H13BrFNO2S. The van der Waals surface area contributed by atoms with E-state index in [1.165, 1.54) is 18.2 Å². The highest BCUT2D eigenvalue weighted by Crippen LogP contribution is 2.16. The number of benzene rings is 2. The molecule has 6 heteroatoms. The van der Waals surface area contributed by atoms with Crippen LogP contribution in [0.3, 0.4) is 0 Å². The van der Waals surface area contributed by atoms with Gasteiger partial charge in [-0.3, -0.25) is 0 Å². The van der Waals surface area contributed by atoms with Crippen LogP contribution < -0.4 is 4.72 Å². The molecule has 20 heavy (non-hydrogen) atoms. The van der Waals surface area contributed by atoms with Crippen molar-refractivity contribution in [3.63, 3.8) is 0 Å². The van der Waals surface area contributed by atoms with Crippen molar-refractivity contribution in [1.82, 2.24) is 4.72 Å². The van der Waals surface area contributed by atoms with Crippen LogP contribution in [0.25, 0.3) is 0 Å². The molecule has 1 N–H and O–H groups in total. The maximum atomic E-state index is 13.1. The van der Waals surface area contributed by atoms with Crippen LogP contribution in [-0.2, 0) is 16.6 Å². The van der Waals surface area contributed by atoms with Crippen LogP contribution in [0.1, 0.15) is 11.1 Å². The summed E-state index contributed by atoms with van der Waals surface area (Å²) in [5.74, 6) is -0.302. The predicted molar refractivity (Wildman–Crippen MR) is 79.3 cm³/mol. The minimum absolute atomic E-state index is 0.121. The Bertz CT molecular complexity index is 732. The van der Waals surface area contributed by atoms with E-state index in [9.17, 15) is 12.8 Å². The minimum Gasteiger partial charge on any atom is -0.207 e. The first-order valence-corrected chi connectivity index (χ1v) is 8.16. The Kier molecular flexibility index (Phi) is 4.57. The third kappa shape index (κ3) is 3.65. The summed E-state index contributed by atoms with van der Waals surface area (Å²) < 4.78 is 40.5. The lowest BCUT2D eigenvalue weighted by Crippen LogP contribution is -2.23.